The Morgan fingerprint density at radius 1 is 0.420 bits per heavy atom. The monoisotopic (exact) mass is 668 g/mol. The van der Waals surface area contributed by atoms with Gasteiger partial charge < -0.3 is 19.9 Å². The molecule has 0 radical (unpaired) electrons. The van der Waals surface area contributed by atoms with Crippen molar-refractivity contribution in [2.24, 2.45) is 0 Å². The molecule has 5 aromatic carbocycles. The minimum atomic E-state index is -4.59. The van der Waals surface area contributed by atoms with Crippen LogP contribution in [-0.2, 0) is 10.1 Å². The minimum absolute atomic E-state index is 0.173. The largest absolute Gasteiger partial charge is 0.354 e. The molecule has 0 fully saturated rings. The molecule has 0 unspecified atom stereocenters. The Kier molecular flexibility index (Phi) is 6.06. The zero-order valence-electron chi connectivity index (χ0n) is 26.5. The first-order chi connectivity index (χ1) is 24.4. The van der Waals surface area contributed by atoms with Gasteiger partial charge >= 0.3 is 0 Å². The minimum Gasteiger partial charge on any atom is -0.354 e. The number of aromatic nitrogens is 4. The van der Waals surface area contributed by atoms with Crippen molar-refractivity contribution in [2.75, 3.05) is 0 Å². The van der Waals surface area contributed by atoms with E-state index in [4.69, 9.17) is 0 Å². The highest BCUT2D eigenvalue weighted by Gasteiger charge is 2.24. The van der Waals surface area contributed by atoms with Crippen molar-refractivity contribution in [3.05, 3.63) is 171 Å². The second-order valence-electron chi connectivity index (χ2n) is 12.7. The van der Waals surface area contributed by atoms with Gasteiger partial charge in [0.05, 0.1) is 11.0 Å². The summed E-state index contributed by atoms with van der Waals surface area (Å²) in [4.78, 5) is 14.7. The van der Waals surface area contributed by atoms with Crippen molar-refractivity contribution >= 4 is 77.0 Å². The Balaban J connectivity index is 1.48. The Morgan fingerprint density at radius 3 is 1.42 bits per heavy atom. The van der Waals surface area contributed by atoms with Crippen LogP contribution in [0.5, 0.6) is 0 Å². The van der Waals surface area contributed by atoms with Crippen molar-refractivity contribution in [3.8, 4) is 0 Å². The third kappa shape index (κ3) is 4.29. The van der Waals surface area contributed by atoms with E-state index in [1.165, 1.54) is 6.07 Å². The van der Waals surface area contributed by atoms with E-state index < -0.39 is 10.1 Å². The Morgan fingerprint density at radius 2 is 0.840 bits per heavy atom. The summed E-state index contributed by atoms with van der Waals surface area (Å²) in [7, 11) is -4.59. The van der Waals surface area contributed by atoms with Crippen LogP contribution in [0.25, 0.3) is 66.9 Å². The van der Waals surface area contributed by atoms with Crippen LogP contribution in [-0.4, -0.2) is 32.9 Å². The van der Waals surface area contributed by atoms with Gasteiger partial charge in [-0.15, -0.1) is 0 Å². The number of fused-ring (bicyclic) bond motifs is 20. The van der Waals surface area contributed by atoms with E-state index in [0.717, 1.165) is 87.3 Å². The van der Waals surface area contributed by atoms with Gasteiger partial charge in [-0.2, -0.15) is 8.42 Å². The molecule has 0 saturated heterocycles. The molecule has 0 amide bonds. The van der Waals surface area contributed by atoms with E-state index in [9.17, 15) is 13.0 Å². The maximum atomic E-state index is 13.0. The fourth-order valence-electron chi connectivity index (χ4n) is 7.68. The lowest BCUT2D eigenvalue weighted by Gasteiger charge is -2.11. The molecule has 0 saturated carbocycles. The third-order valence-corrected chi connectivity index (χ3v) is 10.8. The zero-order chi connectivity index (χ0) is 33.6. The van der Waals surface area contributed by atoms with E-state index in [-0.39, 0.29) is 4.90 Å². The van der Waals surface area contributed by atoms with E-state index >= 15 is 0 Å². The first-order valence-electron chi connectivity index (χ1n) is 16.3. The SMILES string of the molecule is O=S(=O)(O)c1ccccc1C1=c2[nH]c(c3ccccc23)=Cc2[nH]c(c3ccccc23)C=c2[nH]c(c3ccccc23)=Cc2[nH]c1c1ccccc21. The van der Waals surface area contributed by atoms with Crippen molar-refractivity contribution < 1.29 is 13.0 Å². The average molecular weight is 669 g/mol. The molecule has 8 bridgehead atoms. The second kappa shape index (κ2) is 10.6. The Bertz CT molecular complexity index is 3250. The second-order valence-corrected chi connectivity index (χ2v) is 14.1. The zero-order valence-corrected chi connectivity index (χ0v) is 27.3. The lowest BCUT2D eigenvalue weighted by atomic mass is 9.98. The fourth-order valence-corrected chi connectivity index (χ4v) is 8.38. The molecule has 4 aromatic heterocycles. The number of H-pyrrole nitrogens is 4. The molecule has 7 nitrogen and oxygen atoms in total. The van der Waals surface area contributed by atoms with Crippen LogP contribution in [0.3, 0.4) is 0 Å². The summed E-state index contributed by atoms with van der Waals surface area (Å²) in [5.41, 5.74) is 4.51. The van der Waals surface area contributed by atoms with Crippen LogP contribution in [0, 0.1) is 0 Å². The van der Waals surface area contributed by atoms with Gasteiger partial charge in [-0.05, 0) is 24.3 Å². The predicted octanol–water partition coefficient (Wildman–Crippen LogP) is 5.91. The number of hydrogen-bond donors (Lipinski definition) is 5. The molecule has 0 aliphatic carbocycles. The smallest absolute Gasteiger partial charge is 0.295 e. The van der Waals surface area contributed by atoms with E-state index in [2.05, 4.69) is 86.7 Å². The maximum Gasteiger partial charge on any atom is 0.295 e. The first kappa shape index (κ1) is 28.6. The number of nitrogens with one attached hydrogen (secondary N) is 4. The van der Waals surface area contributed by atoms with E-state index in [1.807, 2.05) is 48.5 Å². The summed E-state index contributed by atoms with van der Waals surface area (Å²) in [6.07, 6.45) is 6.42. The molecule has 50 heavy (non-hydrogen) atoms. The van der Waals surface area contributed by atoms with Gasteiger partial charge in [0.15, 0.2) is 0 Å². The van der Waals surface area contributed by atoms with Crippen molar-refractivity contribution in [1.82, 2.24) is 19.9 Å². The van der Waals surface area contributed by atoms with Gasteiger partial charge in [0.2, 0.25) is 0 Å². The Hall–Kier alpha value is -6.35. The molecule has 9 aromatic rings. The topological polar surface area (TPSA) is 118 Å². The van der Waals surface area contributed by atoms with Crippen LogP contribution in [0.15, 0.2) is 126 Å². The number of hydrogen-bond acceptors (Lipinski definition) is 2. The molecular weight excluding hydrogens is 641 g/mol. The summed E-state index contributed by atoms with van der Waals surface area (Å²) >= 11 is 0. The molecule has 5 heterocycles. The van der Waals surface area contributed by atoms with Gasteiger partial charge in [-0.25, -0.2) is 0 Å². The van der Waals surface area contributed by atoms with Gasteiger partial charge in [-0.3, -0.25) is 4.55 Å². The van der Waals surface area contributed by atoms with Crippen molar-refractivity contribution in [2.45, 2.75) is 4.90 Å². The Labute approximate surface area is 285 Å². The number of benzene rings is 5. The van der Waals surface area contributed by atoms with Crippen LogP contribution in [0.1, 0.15) is 28.3 Å². The number of rotatable bonds is 2. The summed E-state index contributed by atoms with van der Waals surface area (Å²) in [6.45, 7) is 0. The average Bonchev–Trinajstić information content (AvgIpc) is 3.88. The highest BCUT2D eigenvalue weighted by molar-refractivity contribution is 7.86. The van der Waals surface area contributed by atoms with Crippen LogP contribution in [0.2, 0.25) is 0 Å². The molecule has 10 rings (SSSR count). The first-order valence-corrected chi connectivity index (χ1v) is 17.8. The highest BCUT2D eigenvalue weighted by Crippen LogP contribution is 2.34. The summed E-state index contributed by atoms with van der Waals surface area (Å²) < 4.78 is 36.5. The molecule has 1 aliphatic heterocycles. The van der Waals surface area contributed by atoms with Crippen molar-refractivity contribution in [1.29, 1.82) is 0 Å². The lowest BCUT2D eigenvalue weighted by Crippen LogP contribution is -2.17. The van der Waals surface area contributed by atoms with Crippen LogP contribution in [0.4, 0.5) is 0 Å². The van der Waals surface area contributed by atoms with Crippen LogP contribution >= 0.6 is 0 Å². The molecule has 240 valence electrons. The molecule has 1 aliphatic rings. The lowest BCUT2D eigenvalue weighted by molar-refractivity contribution is 0.483. The highest BCUT2D eigenvalue weighted by atomic mass is 32.2. The molecule has 0 atom stereocenters. The van der Waals surface area contributed by atoms with Gasteiger partial charge in [0.25, 0.3) is 10.1 Å². The summed E-state index contributed by atoms with van der Waals surface area (Å²) in [5.74, 6) is 0. The normalized spacial score (nSPS) is 13.1. The quantitative estimate of drug-likeness (QED) is 0.148. The van der Waals surface area contributed by atoms with Gasteiger partial charge in [-0.1, -0.05) is 115 Å². The van der Waals surface area contributed by atoms with E-state index in [1.54, 1.807) is 18.2 Å². The maximum absolute atomic E-state index is 13.0. The summed E-state index contributed by atoms with van der Waals surface area (Å²) in [5, 5.41) is 11.6. The van der Waals surface area contributed by atoms with Crippen molar-refractivity contribution in [3.63, 3.8) is 0 Å². The number of aromatic amines is 4. The van der Waals surface area contributed by atoms with E-state index in [0.29, 0.717) is 11.1 Å². The molecular formula is C42H28N4O3S. The van der Waals surface area contributed by atoms with Gasteiger partial charge in [0.1, 0.15) is 4.90 Å². The summed E-state index contributed by atoms with van der Waals surface area (Å²) in [6, 6.07) is 39.5. The molecule has 5 N–H and O–H groups in total. The predicted molar refractivity (Wildman–Crippen MR) is 200 cm³/mol. The standard InChI is InChI=1S/C42H28N4O3S/c47-50(48,49)39-20-10-9-19-32(39)40-41-30-17-7-5-15-28(30)37(45-41)22-35-26-13-3-1-11-24(26)33(43-35)21-34-25-12-2-4-14-27(25)36(44-34)23-38-29-16-6-8-18-31(29)42(40)46-38/h1-23,43-46H,(H,47,48,49). The van der Waals surface area contributed by atoms with Gasteiger partial charge in [0, 0.05) is 87.4 Å². The molecule has 8 heteroatoms. The molecule has 0 spiro atoms. The fraction of sp³-hybridized carbons (Fsp3) is 0. The van der Waals surface area contributed by atoms with Crippen LogP contribution < -0.4 is 21.4 Å². The third-order valence-electron chi connectivity index (χ3n) is 9.85.